The van der Waals surface area contributed by atoms with Crippen molar-refractivity contribution in [1.29, 1.82) is 0 Å². The summed E-state index contributed by atoms with van der Waals surface area (Å²) in [6.07, 6.45) is 1.46. The summed E-state index contributed by atoms with van der Waals surface area (Å²) in [5.41, 5.74) is 0. The summed E-state index contributed by atoms with van der Waals surface area (Å²) in [6, 6.07) is 0. The maximum atomic E-state index is 8.53. The second-order valence-corrected chi connectivity index (χ2v) is 4.03. The van der Waals surface area contributed by atoms with Gasteiger partial charge in [-0.15, -0.1) is 11.3 Å². The lowest BCUT2D eigenvalue weighted by molar-refractivity contribution is 0.289. The van der Waals surface area contributed by atoms with E-state index in [9.17, 15) is 0 Å². The van der Waals surface area contributed by atoms with Crippen molar-refractivity contribution >= 4 is 34.5 Å². The highest BCUT2D eigenvalue weighted by atomic mass is 35.5. The highest BCUT2D eigenvalue weighted by molar-refractivity contribution is 7.16. The Morgan fingerprint density at radius 2 is 2.18 bits per heavy atom. The molecular weight excluding hydrogens is 205 g/mol. The van der Waals surface area contributed by atoms with E-state index in [2.05, 4.69) is 4.98 Å². The molecule has 0 amide bonds. The van der Waals surface area contributed by atoms with Crippen molar-refractivity contribution in [2.75, 3.05) is 6.61 Å². The van der Waals surface area contributed by atoms with Crippen LogP contribution in [0.1, 0.15) is 11.3 Å². The molecule has 1 N–H and O–H groups in total. The number of aliphatic hydroxyl groups excluding tert-OH is 1. The molecule has 1 aromatic heterocycles. The zero-order valence-corrected chi connectivity index (χ0v) is 8.01. The minimum atomic E-state index is 0.172. The summed E-state index contributed by atoms with van der Waals surface area (Å²) in [4.78, 5) is 4.78. The van der Waals surface area contributed by atoms with Gasteiger partial charge < -0.3 is 5.11 Å². The summed E-state index contributed by atoms with van der Waals surface area (Å²) < 4.78 is 0.461. The molecule has 1 aromatic rings. The minimum Gasteiger partial charge on any atom is -0.396 e. The molecule has 0 aliphatic rings. The lowest BCUT2D eigenvalue weighted by atomic mass is 10.3. The average Bonchev–Trinajstić information content (AvgIpc) is 2.26. The maximum Gasteiger partial charge on any atom is 0.185 e. The number of rotatable bonds is 3. The molecule has 0 aliphatic carbocycles. The molecule has 0 bridgehead atoms. The molecule has 5 heteroatoms. The van der Waals surface area contributed by atoms with Crippen molar-refractivity contribution in [3.05, 3.63) is 14.5 Å². The fraction of sp³-hybridized carbons (Fsp3) is 0.500. The van der Waals surface area contributed by atoms with Crippen LogP contribution in [-0.2, 0) is 6.42 Å². The normalized spacial score (nSPS) is 10.5. The molecule has 0 aromatic carbocycles. The first-order valence-corrected chi connectivity index (χ1v) is 4.73. The lowest BCUT2D eigenvalue weighted by Gasteiger charge is -1.91. The van der Waals surface area contributed by atoms with E-state index in [4.69, 9.17) is 28.3 Å². The molecule has 2 nitrogen and oxygen atoms in total. The zero-order chi connectivity index (χ0) is 8.27. The molecule has 62 valence electrons. The van der Waals surface area contributed by atoms with Crippen molar-refractivity contribution < 1.29 is 5.11 Å². The van der Waals surface area contributed by atoms with Gasteiger partial charge in [0, 0.05) is 11.5 Å². The Bertz CT molecular complexity index is 238. The van der Waals surface area contributed by atoms with Gasteiger partial charge in [-0.25, -0.2) is 4.98 Å². The Balaban J connectivity index is 2.62. The van der Waals surface area contributed by atoms with Crippen LogP contribution in [-0.4, -0.2) is 16.7 Å². The quantitative estimate of drug-likeness (QED) is 0.834. The van der Waals surface area contributed by atoms with Crippen LogP contribution in [0.15, 0.2) is 0 Å². The van der Waals surface area contributed by atoms with Crippen LogP contribution >= 0.6 is 34.5 Å². The van der Waals surface area contributed by atoms with Gasteiger partial charge in [0.25, 0.3) is 0 Å². The van der Waals surface area contributed by atoms with Crippen LogP contribution in [0.25, 0.3) is 0 Å². The van der Waals surface area contributed by atoms with Gasteiger partial charge in [-0.3, -0.25) is 0 Å². The van der Waals surface area contributed by atoms with E-state index in [-0.39, 0.29) is 6.61 Å². The highest BCUT2D eigenvalue weighted by Gasteiger charge is 2.06. The average molecular weight is 212 g/mol. The van der Waals surface area contributed by atoms with E-state index < -0.39 is 0 Å². The summed E-state index contributed by atoms with van der Waals surface area (Å²) >= 11 is 12.7. The molecule has 0 fully saturated rings. The first kappa shape index (κ1) is 9.26. The Morgan fingerprint density at radius 1 is 1.45 bits per heavy atom. The molecule has 0 unspecified atom stereocenters. The molecule has 0 aliphatic heterocycles. The molecule has 1 rings (SSSR count). The number of hydrogen-bond donors (Lipinski definition) is 1. The first-order valence-electron chi connectivity index (χ1n) is 3.15. The summed E-state index contributed by atoms with van der Waals surface area (Å²) in [7, 11) is 0. The van der Waals surface area contributed by atoms with E-state index in [1.807, 2.05) is 0 Å². The van der Waals surface area contributed by atoms with Crippen LogP contribution < -0.4 is 0 Å². The predicted octanol–water partition coefficient (Wildman–Crippen LogP) is 2.37. The molecule has 0 saturated heterocycles. The summed E-state index contributed by atoms with van der Waals surface area (Å²) in [6.45, 7) is 0.172. The third-order valence-corrected chi connectivity index (χ3v) is 2.83. The SMILES string of the molecule is OCCCc1sc(Cl)nc1Cl. The molecule has 0 atom stereocenters. The Morgan fingerprint density at radius 3 is 2.64 bits per heavy atom. The fourth-order valence-electron chi connectivity index (χ4n) is 0.700. The lowest BCUT2D eigenvalue weighted by Crippen LogP contribution is -1.86. The van der Waals surface area contributed by atoms with E-state index in [1.165, 1.54) is 11.3 Å². The van der Waals surface area contributed by atoms with E-state index in [1.54, 1.807) is 0 Å². The topological polar surface area (TPSA) is 33.1 Å². The van der Waals surface area contributed by atoms with Crippen LogP contribution in [0.4, 0.5) is 0 Å². The van der Waals surface area contributed by atoms with Crippen molar-refractivity contribution in [3.8, 4) is 0 Å². The number of thiazole rings is 1. The Hall–Kier alpha value is 0.170. The molecule has 0 radical (unpaired) electrons. The van der Waals surface area contributed by atoms with E-state index in [0.717, 1.165) is 11.3 Å². The molecule has 0 saturated carbocycles. The fourth-order valence-corrected chi connectivity index (χ4v) is 2.17. The van der Waals surface area contributed by atoms with Crippen LogP contribution in [0.3, 0.4) is 0 Å². The molecular formula is C6H7Cl2NOS. The standard InChI is InChI=1S/C6H7Cl2NOS/c7-5-4(2-1-3-10)11-6(8)9-5/h10H,1-3H2. The second kappa shape index (κ2) is 4.26. The van der Waals surface area contributed by atoms with E-state index >= 15 is 0 Å². The predicted molar refractivity (Wildman–Crippen MR) is 47.5 cm³/mol. The Labute approximate surface area is 78.8 Å². The van der Waals surface area contributed by atoms with Crippen LogP contribution in [0, 0.1) is 0 Å². The zero-order valence-electron chi connectivity index (χ0n) is 5.68. The first-order chi connectivity index (χ1) is 5.24. The number of aryl methyl sites for hydroxylation is 1. The monoisotopic (exact) mass is 211 g/mol. The smallest absolute Gasteiger partial charge is 0.185 e. The van der Waals surface area contributed by atoms with Gasteiger partial charge in [-0.1, -0.05) is 23.2 Å². The van der Waals surface area contributed by atoms with Gasteiger partial charge in [0.1, 0.15) is 5.15 Å². The molecule has 1 heterocycles. The number of nitrogens with zero attached hydrogens (tertiary/aromatic N) is 1. The van der Waals surface area contributed by atoms with Gasteiger partial charge in [-0.05, 0) is 12.8 Å². The van der Waals surface area contributed by atoms with Crippen LogP contribution in [0.5, 0.6) is 0 Å². The molecule has 11 heavy (non-hydrogen) atoms. The van der Waals surface area contributed by atoms with Crippen molar-refractivity contribution in [3.63, 3.8) is 0 Å². The summed E-state index contributed by atoms with van der Waals surface area (Å²) in [5.74, 6) is 0. The van der Waals surface area contributed by atoms with E-state index in [0.29, 0.717) is 16.0 Å². The van der Waals surface area contributed by atoms with Gasteiger partial charge in [0.2, 0.25) is 0 Å². The number of aliphatic hydroxyl groups is 1. The number of hydrogen-bond acceptors (Lipinski definition) is 3. The van der Waals surface area contributed by atoms with Crippen LogP contribution in [0.2, 0.25) is 9.62 Å². The minimum absolute atomic E-state index is 0.172. The third-order valence-electron chi connectivity index (χ3n) is 1.19. The van der Waals surface area contributed by atoms with Gasteiger partial charge in [-0.2, -0.15) is 0 Å². The second-order valence-electron chi connectivity index (χ2n) is 2.01. The van der Waals surface area contributed by atoms with Gasteiger partial charge in [0.05, 0.1) is 0 Å². The Kier molecular flexibility index (Phi) is 3.59. The third kappa shape index (κ3) is 2.60. The van der Waals surface area contributed by atoms with Crippen molar-refractivity contribution in [2.45, 2.75) is 12.8 Å². The van der Waals surface area contributed by atoms with Gasteiger partial charge >= 0.3 is 0 Å². The maximum absolute atomic E-state index is 8.53. The van der Waals surface area contributed by atoms with Crippen molar-refractivity contribution in [1.82, 2.24) is 4.98 Å². The number of halogens is 2. The van der Waals surface area contributed by atoms with Crippen molar-refractivity contribution in [2.24, 2.45) is 0 Å². The summed E-state index contributed by atoms with van der Waals surface area (Å²) in [5, 5.41) is 9.00. The largest absolute Gasteiger partial charge is 0.396 e. The highest BCUT2D eigenvalue weighted by Crippen LogP contribution is 2.27. The number of aromatic nitrogens is 1. The molecule has 0 spiro atoms. The van der Waals surface area contributed by atoms with Gasteiger partial charge in [0.15, 0.2) is 4.47 Å².